The molecule has 3 rings (SSSR count). The smallest absolute Gasteiger partial charge is 0.221 e. The van der Waals surface area contributed by atoms with Gasteiger partial charge >= 0.3 is 0 Å². The number of carbonyl (C=O) groups excluding carboxylic acids is 1. The first kappa shape index (κ1) is 19.3. The van der Waals surface area contributed by atoms with Crippen molar-refractivity contribution in [3.8, 4) is 0 Å². The average molecular weight is 366 g/mol. The fourth-order valence-electron chi connectivity index (χ4n) is 3.52. The lowest BCUT2D eigenvalue weighted by Crippen LogP contribution is -2.29. The lowest BCUT2D eigenvalue weighted by atomic mass is 10.1. The number of hydrogen-bond donors (Lipinski definition) is 2. The van der Waals surface area contributed by atoms with E-state index in [0.29, 0.717) is 13.0 Å². The van der Waals surface area contributed by atoms with Gasteiger partial charge in [-0.15, -0.1) is 0 Å². The molecule has 0 aromatic heterocycles. The number of carbonyl (C=O) groups is 1. The van der Waals surface area contributed by atoms with Crippen LogP contribution in [0.2, 0.25) is 0 Å². The number of anilines is 2. The first-order valence-electron chi connectivity index (χ1n) is 10.2. The molecular formula is C23H31N3O. The van der Waals surface area contributed by atoms with Crippen molar-refractivity contribution in [3.63, 3.8) is 0 Å². The van der Waals surface area contributed by atoms with Crippen LogP contribution in [0.25, 0.3) is 0 Å². The van der Waals surface area contributed by atoms with Gasteiger partial charge in [0.15, 0.2) is 0 Å². The molecule has 0 atom stereocenters. The van der Waals surface area contributed by atoms with Crippen LogP contribution in [-0.2, 0) is 11.2 Å². The first-order chi connectivity index (χ1) is 13.3. The summed E-state index contributed by atoms with van der Waals surface area (Å²) in [6.07, 6.45) is 6.41. The maximum Gasteiger partial charge on any atom is 0.221 e. The van der Waals surface area contributed by atoms with Gasteiger partial charge in [0, 0.05) is 44.0 Å². The molecule has 1 fully saturated rings. The molecule has 4 nitrogen and oxygen atoms in total. The van der Waals surface area contributed by atoms with E-state index < -0.39 is 0 Å². The Bertz CT molecular complexity index is 679. The minimum atomic E-state index is 0.112. The number of nitrogens with zero attached hydrogens (tertiary/aromatic N) is 1. The third-order valence-corrected chi connectivity index (χ3v) is 5.08. The zero-order valence-corrected chi connectivity index (χ0v) is 16.1. The SMILES string of the molecule is O=C(CCNc1ccc(N2CCCCC2)cc1)NCCCc1ccccc1. The van der Waals surface area contributed by atoms with Gasteiger partial charge < -0.3 is 15.5 Å². The zero-order chi connectivity index (χ0) is 18.7. The van der Waals surface area contributed by atoms with E-state index >= 15 is 0 Å². The number of amides is 1. The first-order valence-corrected chi connectivity index (χ1v) is 10.2. The van der Waals surface area contributed by atoms with E-state index in [-0.39, 0.29) is 5.91 Å². The number of aryl methyl sites for hydroxylation is 1. The molecule has 2 aromatic rings. The third-order valence-electron chi connectivity index (χ3n) is 5.08. The van der Waals surface area contributed by atoms with E-state index in [1.54, 1.807) is 0 Å². The van der Waals surface area contributed by atoms with Gasteiger partial charge in [0.25, 0.3) is 0 Å². The molecule has 0 unspecified atom stereocenters. The van der Waals surface area contributed by atoms with Crippen LogP contribution < -0.4 is 15.5 Å². The molecule has 1 amide bonds. The van der Waals surface area contributed by atoms with Gasteiger partial charge in [-0.25, -0.2) is 0 Å². The molecule has 0 bridgehead atoms. The standard InChI is InChI=1S/C23H31N3O/c27-23(25-16-7-10-20-8-3-1-4-9-20)15-17-24-21-11-13-22(14-12-21)26-18-5-2-6-19-26/h1,3-4,8-9,11-14,24H,2,5-7,10,15-19H2,(H,25,27). The van der Waals surface area contributed by atoms with Crippen LogP contribution in [0.15, 0.2) is 54.6 Å². The predicted molar refractivity (Wildman–Crippen MR) is 113 cm³/mol. The van der Waals surface area contributed by atoms with E-state index in [9.17, 15) is 4.79 Å². The van der Waals surface area contributed by atoms with Crippen LogP contribution in [0.3, 0.4) is 0 Å². The van der Waals surface area contributed by atoms with Crippen LogP contribution >= 0.6 is 0 Å². The molecule has 2 N–H and O–H groups in total. The number of hydrogen-bond acceptors (Lipinski definition) is 3. The Hall–Kier alpha value is -2.49. The summed E-state index contributed by atoms with van der Waals surface area (Å²) < 4.78 is 0. The topological polar surface area (TPSA) is 44.4 Å². The maximum atomic E-state index is 11.9. The summed E-state index contributed by atoms with van der Waals surface area (Å²) in [6.45, 7) is 3.72. The Labute approximate surface area is 163 Å². The molecule has 0 aliphatic carbocycles. The summed E-state index contributed by atoms with van der Waals surface area (Å²) in [6, 6.07) is 19.0. The second kappa shape index (κ2) is 10.6. The van der Waals surface area contributed by atoms with Gasteiger partial charge in [-0.05, 0) is 61.9 Å². The second-order valence-electron chi connectivity index (χ2n) is 7.21. The maximum absolute atomic E-state index is 11.9. The van der Waals surface area contributed by atoms with Gasteiger partial charge in [-0.2, -0.15) is 0 Å². The quantitative estimate of drug-likeness (QED) is 0.654. The molecule has 0 saturated carbocycles. The summed E-state index contributed by atoms with van der Waals surface area (Å²) in [4.78, 5) is 14.4. The Morgan fingerprint density at radius 1 is 0.889 bits per heavy atom. The summed E-state index contributed by atoms with van der Waals surface area (Å²) >= 11 is 0. The summed E-state index contributed by atoms with van der Waals surface area (Å²) in [5.41, 5.74) is 3.70. The molecule has 1 heterocycles. The highest BCUT2D eigenvalue weighted by Gasteiger charge is 2.10. The highest BCUT2D eigenvalue weighted by atomic mass is 16.1. The van der Waals surface area contributed by atoms with E-state index in [0.717, 1.165) is 38.2 Å². The largest absolute Gasteiger partial charge is 0.385 e. The van der Waals surface area contributed by atoms with Gasteiger partial charge in [0.2, 0.25) is 5.91 Å². The van der Waals surface area contributed by atoms with Crippen molar-refractivity contribution >= 4 is 17.3 Å². The van der Waals surface area contributed by atoms with Gasteiger partial charge in [-0.3, -0.25) is 4.79 Å². The highest BCUT2D eigenvalue weighted by Crippen LogP contribution is 2.21. The van der Waals surface area contributed by atoms with Crippen molar-refractivity contribution in [2.45, 2.75) is 38.5 Å². The van der Waals surface area contributed by atoms with Crippen molar-refractivity contribution in [2.75, 3.05) is 36.4 Å². The Morgan fingerprint density at radius 2 is 1.63 bits per heavy atom. The summed E-state index contributed by atoms with van der Waals surface area (Å²) in [5, 5.41) is 6.35. The van der Waals surface area contributed by atoms with Crippen LogP contribution in [0, 0.1) is 0 Å². The van der Waals surface area contributed by atoms with Crippen molar-refractivity contribution < 1.29 is 4.79 Å². The fourth-order valence-corrected chi connectivity index (χ4v) is 3.52. The van der Waals surface area contributed by atoms with E-state index in [2.05, 4.69) is 64.1 Å². The monoisotopic (exact) mass is 365 g/mol. The molecular weight excluding hydrogens is 334 g/mol. The molecule has 1 saturated heterocycles. The third kappa shape index (κ3) is 6.63. The van der Waals surface area contributed by atoms with Crippen molar-refractivity contribution in [1.82, 2.24) is 5.32 Å². The summed E-state index contributed by atoms with van der Waals surface area (Å²) in [5.74, 6) is 0.112. The average Bonchev–Trinajstić information content (AvgIpc) is 2.73. The molecule has 0 radical (unpaired) electrons. The minimum absolute atomic E-state index is 0.112. The number of piperidine rings is 1. The number of nitrogens with one attached hydrogen (secondary N) is 2. The van der Waals surface area contributed by atoms with E-state index in [4.69, 9.17) is 0 Å². The number of benzene rings is 2. The minimum Gasteiger partial charge on any atom is -0.385 e. The second-order valence-corrected chi connectivity index (χ2v) is 7.21. The molecule has 4 heteroatoms. The lowest BCUT2D eigenvalue weighted by molar-refractivity contribution is -0.120. The zero-order valence-electron chi connectivity index (χ0n) is 16.1. The van der Waals surface area contributed by atoms with Crippen LogP contribution in [0.4, 0.5) is 11.4 Å². The molecule has 1 aliphatic heterocycles. The van der Waals surface area contributed by atoms with Gasteiger partial charge in [-0.1, -0.05) is 30.3 Å². The number of rotatable bonds is 9. The van der Waals surface area contributed by atoms with Crippen LogP contribution in [-0.4, -0.2) is 32.1 Å². The highest BCUT2D eigenvalue weighted by molar-refractivity contribution is 5.76. The van der Waals surface area contributed by atoms with Gasteiger partial charge in [0.1, 0.15) is 0 Å². The summed E-state index contributed by atoms with van der Waals surface area (Å²) in [7, 11) is 0. The molecule has 0 spiro atoms. The fraction of sp³-hybridized carbons (Fsp3) is 0.435. The van der Waals surface area contributed by atoms with Crippen LogP contribution in [0.5, 0.6) is 0 Å². The lowest BCUT2D eigenvalue weighted by Gasteiger charge is -2.28. The van der Waals surface area contributed by atoms with Crippen molar-refractivity contribution in [1.29, 1.82) is 0 Å². The van der Waals surface area contributed by atoms with E-state index in [1.165, 1.54) is 30.5 Å². The predicted octanol–water partition coefficient (Wildman–Crippen LogP) is 4.23. The molecule has 2 aromatic carbocycles. The Balaban J connectivity index is 1.29. The Morgan fingerprint density at radius 3 is 2.37 bits per heavy atom. The van der Waals surface area contributed by atoms with Gasteiger partial charge in [0.05, 0.1) is 0 Å². The molecule has 144 valence electrons. The van der Waals surface area contributed by atoms with Crippen molar-refractivity contribution in [3.05, 3.63) is 60.2 Å². The normalized spacial score (nSPS) is 14.0. The van der Waals surface area contributed by atoms with Crippen molar-refractivity contribution in [2.24, 2.45) is 0 Å². The van der Waals surface area contributed by atoms with Crippen LogP contribution in [0.1, 0.15) is 37.7 Å². The van der Waals surface area contributed by atoms with E-state index in [1.807, 2.05) is 6.07 Å². The molecule has 1 aliphatic rings. The Kier molecular flexibility index (Phi) is 7.57. The molecule has 27 heavy (non-hydrogen) atoms.